The molecular weight excluding hydrogens is 553 g/mol. The number of hydrogen-bond acceptors (Lipinski definition) is 6. The number of nitrogens with one attached hydrogen (secondary N) is 2. The van der Waals surface area contributed by atoms with E-state index in [1.807, 2.05) is 4.72 Å². The number of fused-ring (bicyclic) bond motifs is 1. The number of hydrogen-bond donors (Lipinski definition) is 3. The maximum atomic E-state index is 12.9. The fraction of sp³-hybridized carbons (Fsp3) is 0.143. The molecule has 0 aliphatic carbocycles. The molecule has 3 N–H and O–H groups in total. The minimum Gasteiger partial charge on any atom is -0.490 e. The molecule has 192 valence electrons. The van der Waals surface area contributed by atoms with Gasteiger partial charge in [0.2, 0.25) is 0 Å². The number of rotatable bonds is 4. The normalized spacial score (nSPS) is 12.8. The van der Waals surface area contributed by atoms with Crippen molar-refractivity contribution in [1.82, 2.24) is 4.98 Å². The van der Waals surface area contributed by atoms with Crippen molar-refractivity contribution in [2.45, 2.75) is 11.1 Å². The molecule has 0 saturated carbocycles. The van der Waals surface area contributed by atoms with E-state index in [0.717, 1.165) is 42.4 Å². The molecule has 0 amide bonds. The first-order valence-electron chi connectivity index (χ1n) is 9.72. The van der Waals surface area contributed by atoms with Gasteiger partial charge in [0.25, 0.3) is 10.0 Å². The molecule has 2 aromatic carbocycles. The van der Waals surface area contributed by atoms with Crippen molar-refractivity contribution in [3.8, 4) is 5.75 Å². The molecule has 15 heteroatoms. The van der Waals surface area contributed by atoms with Gasteiger partial charge in [-0.1, -0.05) is 23.2 Å². The van der Waals surface area contributed by atoms with Gasteiger partial charge in [-0.3, -0.25) is 4.72 Å². The van der Waals surface area contributed by atoms with Crippen molar-refractivity contribution in [2.24, 2.45) is 0 Å². The quantitative estimate of drug-likeness (QED) is 0.354. The number of nitrogens with zero attached hydrogens (tertiary/aromatic N) is 1. The molecule has 0 bridgehead atoms. The van der Waals surface area contributed by atoms with E-state index >= 15 is 0 Å². The summed E-state index contributed by atoms with van der Waals surface area (Å²) in [5.74, 6) is -1.05. The van der Waals surface area contributed by atoms with Gasteiger partial charge in [-0.2, -0.15) is 13.2 Å². The number of alkyl halides is 3. The highest BCUT2D eigenvalue weighted by Crippen LogP contribution is 2.36. The molecule has 0 fully saturated rings. The van der Waals surface area contributed by atoms with E-state index < -0.39 is 49.0 Å². The number of pyridine rings is 1. The first-order valence-corrected chi connectivity index (χ1v) is 12.0. The number of carboxylic acid groups (broad SMARTS) is 1. The number of carboxylic acids is 1. The van der Waals surface area contributed by atoms with Crippen LogP contribution in [0.25, 0.3) is 0 Å². The average Bonchev–Trinajstić information content (AvgIpc) is 2.78. The van der Waals surface area contributed by atoms with E-state index in [1.54, 1.807) is 6.07 Å². The van der Waals surface area contributed by atoms with Gasteiger partial charge in [-0.05, 0) is 36.4 Å². The summed E-state index contributed by atoms with van der Waals surface area (Å²) >= 11 is 11.1. The van der Waals surface area contributed by atoms with Crippen molar-refractivity contribution in [2.75, 3.05) is 23.2 Å². The molecule has 1 aliphatic heterocycles. The molecule has 1 aliphatic rings. The first-order chi connectivity index (χ1) is 16.8. The predicted molar refractivity (Wildman–Crippen MR) is 124 cm³/mol. The molecule has 0 unspecified atom stereocenters. The summed E-state index contributed by atoms with van der Waals surface area (Å²) in [6.45, 7) is 1.40. The van der Waals surface area contributed by atoms with Crippen LogP contribution in [-0.2, 0) is 16.2 Å². The third-order valence-corrected chi connectivity index (χ3v) is 6.37. The van der Waals surface area contributed by atoms with Crippen LogP contribution in [-0.4, -0.2) is 37.6 Å². The number of ether oxygens (including phenoxy) is 1. The second kappa shape index (κ2) is 10.8. The Bertz CT molecular complexity index is 1400. The SMILES string of the molecule is Fc1ccc2c(c1)NCCO2.O=C(O)c1ncc(Cl)cc1NS(=O)(=O)c1ccc(Cl)c(C(F)(F)F)c1. The second-order valence-corrected chi connectivity index (χ2v) is 9.54. The van der Waals surface area contributed by atoms with Crippen LogP contribution in [0.5, 0.6) is 5.75 Å². The first kappa shape index (κ1) is 27.3. The van der Waals surface area contributed by atoms with E-state index in [-0.39, 0.29) is 10.8 Å². The lowest BCUT2D eigenvalue weighted by Crippen LogP contribution is -2.17. The number of carbonyl (C=O) groups is 1. The Morgan fingerprint density at radius 1 is 1.14 bits per heavy atom. The van der Waals surface area contributed by atoms with Crippen molar-refractivity contribution >= 4 is 50.6 Å². The summed E-state index contributed by atoms with van der Waals surface area (Å²) in [4.78, 5) is 13.8. The molecule has 1 aromatic heterocycles. The molecule has 3 aromatic rings. The number of anilines is 2. The fourth-order valence-corrected chi connectivity index (χ4v) is 4.36. The number of sulfonamides is 1. The molecule has 36 heavy (non-hydrogen) atoms. The highest BCUT2D eigenvalue weighted by atomic mass is 35.5. The van der Waals surface area contributed by atoms with Gasteiger partial charge in [0.05, 0.1) is 31.9 Å². The predicted octanol–water partition coefficient (Wildman–Crippen LogP) is 5.54. The smallest absolute Gasteiger partial charge is 0.417 e. The highest BCUT2D eigenvalue weighted by molar-refractivity contribution is 7.92. The largest absolute Gasteiger partial charge is 0.490 e. The molecule has 0 radical (unpaired) electrons. The average molecular weight is 568 g/mol. The lowest BCUT2D eigenvalue weighted by Gasteiger charge is -2.18. The third kappa shape index (κ3) is 6.68. The van der Waals surface area contributed by atoms with Gasteiger partial charge in [0, 0.05) is 18.8 Å². The zero-order chi connectivity index (χ0) is 26.7. The van der Waals surface area contributed by atoms with Crippen LogP contribution in [0.1, 0.15) is 16.1 Å². The molecule has 8 nitrogen and oxygen atoms in total. The van der Waals surface area contributed by atoms with E-state index in [1.165, 1.54) is 12.1 Å². The van der Waals surface area contributed by atoms with Crippen LogP contribution in [0, 0.1) is 5.82 Å². The summed E-state index contributed by atoms with van der Waals surface area (Å²) in [5.41, 5.74) is -1.77. The van der Waals surface area contributed by atoms with E-state index in [9.17, 15) is 30.8 Å². The number of aromatic carboxylic acids is 1. The minimum atomic E-state index is -4.87. The molecule has 0 spiro atoms. The minimum absolute atomic E-state index is 0.0743. The van der Waals surface area contributed by atoms with Gasteiger partial charge in [-0.15, -0.1) is 0 Å². The summed E-state index contributed by atoms with van der Waals surface area (Å²) in [6.07, 6.45) is -3.89. The fourth-order valence-electron chi connectivity index (χ4n) is 2.89. The maximum Gasteiger partial charge on any atom is 0.417 e. The lowest BCUT2D eigenvalue weighted by atomic mass is 10.2. The van der Waals surface area contributed by atoms with Crippen LogP contribution < -0.4 is 14.8 Å². The summed E-state index contributed by atoms with van der Waals surface area (Å²) < 4.78 is 82.9. The molecule has 4 rings (SSSR count). The van der Waals surface area contributed by atoms with Crippen LogP contribution in [0.2, 0.25) is 10.0 Å². The Morgan fingerprint density at radius 3 is 2.53 bits per heavy atom. The van der Waals surface area contributed by atoms with Crippen molar-refractivity contribution in [1.29, 1.82) is 0 Å². The molecular formula is C21H15Cl2F4N3O5S. The van der Waals surface area contributed by atoms with Crippen molar-refractivity contribution in [3.05, 3.63) is 75.8 Å². The Balaban J connectivity index is 0.000000270. The standard InChI is InChI=1S/C13H7Cl2F3N2O4S.C8H8FNO/c14-6-3-10(11(12(21)22)19-5-6)20-25(23,24)7-1-2-9(15)8(4-7)13(16,17)18;9-6-1-2-8-7(5-6)10-3-4-11-8/h1-5,20H,(H,21,22);1-2,5,10H,3-4H2. The molecule has 0 atom stereocenters. The van der Waals surface area contributed by atoms with Crippen LogP contribution in [0.3, 0.4) is 0 Å². The van der Waals surface area contributed by atoms with Crippen molar-refractivity contribution < 1.29 is 40.6 Å². The highest BCUT2D eigenvalue weighted by Gasteiger charge is 2.34. The summed E-state index contributed by atoms with van der Waals surface area (Å²) in [6, 6.07) is 7.39. The van der Waals surface area contributed by atoms with Gasteiger partial charge in [0.1, 0.15) is 18.2 Å². The Kier molecular flexibility index (Phi) is 8.16. The zero-order valence-corrected chi connectivity index (χ0v) is 20.1. The third-order valence-electron chi connectivity index (χ3n) is 4.47. The van der Waals surface area contributed by atoms with Gasteiger partial charge in [-0.25, -0.2) is 22.6 Å². The Morgan fingerprint density at radius 2 is 1.86 bits per heavy atom. The topological polar surface area (TPSA) is 118 Å². The molecule has 0 saturated heterocycles. The van der Waals surface area contributed by atoms with Gasteiger partial charge in [0.15, 0.2) is 5.69 Å². The van der Waals surface area contributed by atoms with Crippen LogP contribution in [0.4, 0.5) is 28.9 Å². The van der Waals surface area contributed by atoms with Crippen LogP contribution in [0.15, 0.2) is 53.6 Å². The maximum absolute atomic E-state index is 12.9. The van der Waals surface area contributed by atoms with Gasteiger partial charge < -0.3 is 15.2 Å². The van der Waals surface area contributed by atoms with E-state index in [2.05, 4.69) is 10.3 Å². The molecule has 2 heterocycles. The number of benzene rings is 2. The number of halogens is 6. The Hall–Kier alpha value is -3.29. The number of aromatic nitrogens is 1. The van der Waals surface area contributed by atoms with E-state index in [4.69, 9.17) is 33.0 Å². The zero-order valence-electron chi connectivity index (χ0n) is 17.7. The Labute approximate surface area is 211 Å². The summed E-state index contributed by atoms with van der Waals surface area (Å²) in [5, 5.41) is 11.3. The van der Waals surface area contributed by atoms with Gasteiger partial charge >= 0.3 is 12.1 Å². The second-order valence-electron chi connectivity index (χ2n) is 7.02. The van der Waals surface area contributed by atoms with E-state index in [0.29, 0.717) is 12.7 Å². The summed E-state index contributed by atoms with van der Waals surface area (Å²) in [7, 11) is -4.56. The monoisotopic (exact) mass is 567 g/mol. The van der Waals surface area contributed by atoms with Crippen molar-refractivity contribution in [3.63, 3.8) is 0 Å². The lowest BCUT2D eigenvalue weighted by molar-refractivity contribution is -0.137. The van der Waals surface area contributed by atoms with Crippen LogP contribution >= 0.6 is 23.2 Å².